The summed E-state index contributed by atoms with van der Waals surface area (Å²) in [5.74, 6) is 0.585. The maximum absolute atomic E-state index is 13.1. The lowest BCUT2D eigenvalue weighted by molar-refractivity contribution is 0.102. The second-order valence-electron chi connectivity index (χ2n) is 6.92. The van der Waals surface area contributed by atoms with Crippen LogP contribution in [-0.2, 0) is 0 Å². The normalized spacial score (nSPS) is 10.8. The van der Waals surface area contributed by atoms with Gasteiger partial charge in [0.25, 0.3) is 5.91 Å². The molecule has 156 valence electrons. The fraction of sp³-hybridized carbons (Fsp3) is 0. The Labute approximate surface area is 182 Å². The number of nitrogens with one attached hydrogen (secondary N) is 2. The third-order valence-corrected chi connectivity index (χ3v) is 4.80. The Morgan fingerprint density at radius 1 is 0.938 bits per heavy atom. The van der Waals surface area contributed by atoms with E-state index < -0.39 is 0 Å². The van der Waals surface area contributed by atoms with Crippen molar-refractivity contribution in [3.8, 4) is 22.8 Å². The molecule has 2 N–H and O–H groups in total. The Hall–Kier alpha value is -4.59. The van der Waals surface area contributed by atoms with Crippen LogP contribution in [0.25, 0.3) is 22.3 Å². The maximum Gasteiger partial charge on any atom is 0.274 e. The monoisotopic (exact) mass is 425 g/mol. The van der Waals surface area contributed by atoms with Gasteiger partial charge in [-0.05, 0) is 66.7 Å². The van der Waals surface area contributed by atoms with Gasteiger partial charge in [0.05, 0.1) is 11.1 Å². The molecular formula is C24H16FN5O2. The van der Waals surface area contributed by atoms with Crippen molar-refractivity contribution >= 4 is 22.6 Å². The predicted octanol–water partition coefficient (Wildman–Crippen LogP) is 5.20. The molecule has 0 aliphatic rings. The summed E-state index contributed by atoms with van der Waals surface area (Å²) < 4.78 is 19.1. The van der Waals surface area contributed by atoms with E-state index in [-0.39, 0.29) is 17.4 Å². The number of hydrogen-bond acceptors (Lipinski definition) is 5. The number of H-pyrrole nitrogens is 1. The second-order valence-corrected chi connectivity index (χ2v) is 6.92. The summed E-state index contributed by atoms with van der Waals surface area (Å²) >= 11 is 0. The maximum atomic E-state index is 13.1. The minimum atomic E-state index is -0.382. The van der Waals surface area contributed by atoms with Crippen LogP contribution < -0.4 is 10.1 Å². The Bertz CT molecular complexity index is 1400. The quantitative estimate of drug-likeness (QED) is 0.404. The molecule has 7 nitrogen and oxygen atoms in total. The van der Waals surface area contributed by atoms with Crippen molar-refractivity contribution in [1.29, 1.82) is 0 Å². The first kappa shape index (κ1) is 19.4. The molecule has 0 aliphatic carbocycles. The van der Waals surface area contributed by atoms with Crippen LogP contribution in [-0.4, -0.2) is 25.8 Å². The first-order chi connectivity index (χ1) is 15.7. The van der Waals surface area contributed by atoms with Crippen molar-refractivity contribution < 1.29 is 13.9 Å². The molecule has 0 radical (unpaired) electrons. The first-order valence-corrected chi connectivity index (χ1v) is 9.75. The third kappa shape index (κ3) is 4.01. The van der Waals surface area contributed by atoms with Gasteiger partial charge in [-0.2, -0.15) is 0 Å². The minimum Gasteiger partial charge on any atom is -0.457 e. The molecule has 2 aromatic carbocycles. The molecule has 3 aromatic heterocycles. The van der Waals surface area contributed by atoms with Gasteiger partial charge < -0.3 is 15.0 Å². The highest BCUT2D eigenvalue weighted by atomic mass is 19.1. The van der Waals surface area contributed by atoms with Crippen molar-refractivity contribution in [2.45, 2.75) is 0 Å². The van der Waals surface area contributed by atoms with Gasteiger partial charge >= 0.3 is 0 Å². The number of carbonyl (C=O) groups excluding carboxylic acids is 1. The smallest absolute Gasteiger partial charge is 0.274 e. The molecule has 0 bridgehead atoms. The van der Waals surface area contributed by atoms with Gasteiger partial charge in [-0.25, -0.2) is 19.3 Å². The van der Waals surface area contributed by atoms with Crippen LogP contribution in [0.2, 0.25) is 0 Å². The van der Waals surface area contributed by atoms with E-state index in [0.29, 0.717) is 28.4 Å². The number of aromatic nitrogens is 4. The fourth-order valence-electron chi connectivity index (χ4n) is 3.21. The molecule has 5 rings (SSSR count). The Balaban J connectivity index is 1.29. The number of rotatable bonds is 5. The van der Waals surface area contributed by atoms with Gasteiger partial charge in [0, 0.05) is 23.6 Å². The zero-order valence-electron chi connectivity index (χ0n) is 16.6. The van der Waals surface area contributed by atoms with E-state index in [1.807, 2.05) is 6.07 Å². The van der Waals surface area contributed by atoms with Crippen LogP contribution in [0.1, 0.15) is 10.5 Å². The summed E-state index contributed by atoms with van der Waals surface area (Å²) in [5, 5.41) is 3.68. The van der Waals surface area contributed by atoms with Crippen molar-refractivity contribution in [3.05, 3.63) is 97.0 Å². The van der Waals surface area contributed by atoms with Crippen LogP contribution in [0.15, 0.2) is 85.5 Å². The van der Waals surface area contributed by atoms with E-state index in [4.69, 9.17) is 4.74 Å². The minimum absolute atomic E-state index is 0.200. The highest BCUT2D eigenvalue weighted by molar-refractivity contribution is 6.03. The number of carbonyl (C=O) groups is 1. The molecule has 0 spiro atoms. The van der Waals surface area contributed by atoms with Gasteiger partial charge in [0.15, 0.2) is 0 Å². The zero-order valence-corrected chi connectivity index (χ0v) is 16.6. The van der Waals surface area contributed by atoms with Crippen LogP contribution >= 0.6 is 0 Å². The van der Waals surface area contributed by atoms with E-state index in [2.05, 4.69) is 25.3 Å². The summed E-state index contributed by atoms with van der Waals surface area (Å²) in [6, 6.07) is 18.1. The van der Waals surface area contributed by atoms with Gasteiger partial charge in [-0.1, -0.05) is 0 Å². The number of benzene rings is 2. The Morgan fingerprint density at radius 3 is 2.56 bits per heavy atom. The van der Waals surface area contributed by atoms with Crippen LogP contribution in [0.4, 0.5) is 10.1 Å². The molecule has 8 heteroatoms. The average Bonchev–Trinajstić information content (AvgIpc) is 3.31. The summed E-state index contributed by atoms with van der Waals surface area (Å²) in [6.07, 6.45) is 4.78. The highest BCUT2D eigenvalue weighted by Gasteiger charge is 2.11. The van der Waals surface area contributed by atoms with Gasteiger partial charge in [-0.3, -0.25) is 4.79 Å². The van der Waals surface area contributed by atoms with Crippen molar-refractivity contribution in [3.63, 3.8) is 0 Å². The van der Waals surface area contributed by atoms with Crippen LogP contribution in [0, 0.1) is 5.82 Å². The average molecular weight is 425 g/mol. The largest absolute Gasteiger partial charge is 0.457 e. The van der Waals surface area contributed by atoms with E-state index >= 15 is 0 Å². The summed E-state index contributed by atoms with van der Waals surface area (Å²) in [4.78, 5) is 28.1. The van der Waals surface area contributed by atoms with E-state index in [9.17, 15) is 9.18 Å². The fourth-order valence-corrected chi connectivity index (χ4v) is 3.21. The highest BCUT2D eigenvalue weighted by Crippen LogP contribution is 2.29. The molecule has 0 unspecified atom stereocenters. The summed E-state index contributed by atoms with van der Waals surface area (Å²) in [7, 11) is 0. The number of anilines is 1. The molecular weight excluding hydrogens is 409 g/mol. The van der Waals surface area contributed by atoms with Crippen molar-refractivity contribution in [1.82, 2.24) is 19.9 Å². The number of amides is 1. The SMILES string of the molecule is O=C(Nc1ccc(Oc2ccnc3[nH]ccc23)cc1)c1cc(-c2ccc(F)cc2)ncn1. The molecule has 0 fully saturated rings. The Kier molecular flexibility index (Phi) is 5.01. The lowest BCUT2D eigenvalue weighted by atomic mass is 10.1. The number of aromatic amines is 1. The van der Waals surface area contributed by atoms with Crippen LogP contribution in [0.5, 0.6) is 11.5 Å². The zero-order chi connectivity index (χ0) is 21.9. The number of nitrogens with zero attached hydrogens (tertiary/aromatic N) is 3. The molecule has 0 saturated carbocycles. The van der Waals surface area contributed by atoms with Crippen molar-refractivity contribution in [2.24, 2.45) is 0 Å². The molecule has 32 heavy (non-hydrogen) atoms. The summed E-state index contributed by atoms with van der Waals surface area (Å²) in [6.45, 7) is 0. The summed E-state index contributed by atoms with van der Waals surface area (Å²) in [5.41, 5.74) is 2.76. The molecule has 0 aliphatic heterocycles. The molecule has 0 saturated heterocycles. The van der Waals surface area contributed by atoms with Crippen LogP contribution in [0.3, 0.4) is 0 Å². The van der Waals surface area contributed by atoms with Gasteiger partial charge in [-0.15, -0.1) is 0 Å². The number of pyridine rings is 1. The molecule has 3 heterocycles. The topological polar surface area (TPSA) is 92.8 Å². The van der Waals surface area contributed by atoms with Gasteiger partial charge in [0.1, 0.15) is 35.0 Å². The molecule has 5 aromatic rings. The number of ether oxygens (including phenoxy) is 1. The first-order valence-electron chi connectivity index (χ1n) is 9.75. The predicted molar refractivity (Wildman–Crippen MR) is 118 cm³/mol. The number of hydrogen-bond donors (Lipinski definition) is 2. The van der Waals surface area contributed by atoms with E-state index in [1.54, 1.807) is 60.9 Å². The number of fused-ring (bicyclic) bond motifs is 1. The lowest BCUT2D eigenvalue weighted by Crippen LogP contribution is -2.14. The molecule has 0 atom stereocenters. The third-order valence-electron chi connectivity index (χ3n) is 4.80. The Morgan fingerprint density at radius 2 is 1.75 bits per heavy atom. The van der Waals surface area contributed by atoms with Crippen molar-refractivity contribution in [2.75, 3.05) is 5.32 Å². The van der Waals surface area contributed by atoms with E-state index in [0.717, 1.165) is 11.0 Å². The molecule has 1 amide bonds. The number of halogens is 1. The van der Waals surface area contributed by atoms with Gasteiger partial charge in [0.2, 0.25) is 0 Å². The van der Waals surface area contributed by atoms with E-state index in [1.165, 1.54) is 18.5 Å². The lowest BCUT2D eigenvalue weighted by Gasteiger charge is -2.09. The second kappa shape index (κ2) is 8.27. The standard InChI is InChI=1S/C24H16FN5O2/c25-16-3-1-15(2-4-16)20-13-21(29-14-28-20)24(31)30-17-5-7-18(8-6-17)32-22-10-12-27-23-19(22)9-11-26-23/h1-14H,(H,26,27)(H,30,31).